The van der Waals surface area contributed by atoms with E-state index >= 15 is 0 Å². The van der Waals surface area contributed by atoms with E-state index in [0.29, 0.717) is 16.8 Å². The lowest BCUT2D eigenvalue weighted by Gasteiger charge is -2.12. The van der Waals surface area contributed by atoms with E-state index in [1.54, 1.807) is 12.1 Å². The monoisotopic (exact) mass is 383 g/mol. The number of rotatable bonds is 4. The Balaban J connectivity index is 2.15. The smallest absolute Gasteiger partial charge is 0.128 e. The molecule has 5 heteroatoms. The van der Waals surface area contributed by atoms with Crippen molar-refractivity contribution in [2.75, 3.05) is 0 Å². The van der Waals surface area contributed by atoms with Crippen LogP contribution in [0, 0.1) is 0 Å². The summed E-state index contributed by atoms with van der Waals surface area (Å²) in [6.07, 6.45) is 0. The minimum absolute atomic E-state index is 0.0338. The quantitative estimate of drug-likeness (QED) is 0.813. The van der Waals surface area contributed by atoms with Crippen molar-refractivity contribution in [1.82, 2.24) is 0 Å². The average molecular weight is 385 g/mol. The normalized spacial score (nSPS) is 10.2. The molecule has 2 aromatic carbocycles. The standard InChI is InChI=1S/C14H10Br2O3/c15-10-3-1-9(2-4-10)8-19-13-6-5-11(16)7-12(13)14(17)18/h1-7H,8H2,(H,17,18)/p-1. The second-order valence-corrected chi connectivity index (χ2v) is 5.67. The lowest BCUT2D eigenvalue weighted by Crippen LogP contribution is -2.23. The number of hydrogen-bond acceptors (Lipinski definition) is 3. The second-order valence-electron chi connectivity index (χ2n) is 3.84. The molecule has 0 aliphatic rings. The molecule has 0 bridgehead atoms. The predicted octanol–water partition coefficient (Wildman–Crippen LogP) is 3.15. The summed E-state index contributed by atoms with van der Waals surface area (Å²) in [7, 11) is 0. The average Bonchev–Trinajstić information content (AvgIpc) is 2.39. The maximum absolute atomic E-state index is 11.0. The van der Waals surface area contributed by atoms with Crippen LogP contribution in [0.25, 0.3) is 0 Å². The fourth-order valence-corrected chi connectivity index (χ4v) is 2.15. The first-order valence-corrected chi connectivity index (χ1v) is 7.03. The van der Waals surface area contributed by atoms with Gasteiger partial charge in [-0.3, -0.25) is 0 Å². The van der Waals surface area contributed by atoms with Gasteiger partial charge in [-0.1, -0.05) is 44.0 Å². The van der Waals surface area contributed by atoms with Crippen LogP contribution in [0.3, 0.4) is 0 Å². The van der Waals surface area contributed by atoms with Gasteiger partial charge in [0.25, 0.3) is 0 Å². The minimum Gasteiger partial charge on any atom is -0.545 e. The Hall–Kier alpha value is -1.33. The Labute approximate surface area is 127 Å². The van der Waals surface area contributed by atoms with Crippen LogP contribution < -0.4 is 9.84 Å². The number of benzene rings is 2. The van der Waals surface area contributed by atoms with Crippen molar-refractivity contribution >= 4 is 37.8 Å². The van der Waals surface area contributed by atoms with Gasteiger partial charge in [-0.15, -0.1) is 0 Å². The molecule has 3 nitrogen and oxygen atoms in total. The highest BCUT2D eigenvalue weighted by Gasteiger charge is 2.06. The Bertz CT molecular complexity index is 594. The third kappa shape index (κ3) is 3.81. The van der Waals surface area contributed by atoms with Gasteiger partial charge in [0.15, 0.2) is 0 Å². The topological polar surface area (TPSA) is 49.4 Å². The molecule has 2 aromatic rings. The van der Waals surface area contributed by atoms with Gasteiger partial charge in [0.2, 0.25) is 0 Å². The van der Waals surface area contributed by atoms with Crippen LogP contribution in [-0.4, -0.2) is 5.97 Å². The molecular formula is C14H9Br2O3-. The van der Waals surface area contributed by atoms with E-state index in [-0.39, 0.29) is 5.56 Å². The number of carboxylic acids is 1. The molecule has 0 saturated heterocycles. The van der Waals surface area contributed by atoms with Crippen molar-refractivity contribution in [3.05, 3.63) is 62.5 Å². The Morgan fingerprint density at radius 3 is 2.32 bits per heavy atom. The molecule has 0 heterocycles. The zero-order valence-electron chi connectivity index (χ0n) is 9.73. The summed E-state index contributed by atoms with van der Waals surface area (Å²) in [5.74, 6) is -0.960. The minimum atomic E-state index is -1.26. The molecule has 0 amide bonds. The third-order valence-electron chi connectivity index (χ3n) is 2.47. The Morgan fingerprint density at radius 1 is 1.05 bits per heavy atom. The van der Waals surface area contributed by atoms with E-state index in [4.69, 9.17) is 4.74 Å². The summed E-state index contributed by atoms with van der Waals surface area (Å²) in [5, 5.41) is 11.0. The van der Waals surface area contributed by atoms with Crippen LogP contribution in [-0.2, 0) is 6.61 Å². The van der Waals surface area contributed by atoms with Crippen molar-refractivity contribution in [1.29, 1.82) is 0 Å². The molecule has 0 saturated carbocycles. The summed E-state index contributed by atoms with van der Waals surface area (Å²) in [6.45, 7) is 0.301. The summed E-state index contributed by atoms with van der Waals surface area (Å²) in [4.78, 5) is 11.0. The fourth-order valence-electron chi connectivity index (χ4n) is 1.53. The summed E-state index contributed by atoms with van der Waals surface area (Å²) in [5.41, 5.74) is 0.988. The van der Waals surface area contributed by atoms with Crippen LogP contribution >= 0.6 is 31.9 Å². The van der Waals surface area contributed by atoms with Gasteiger partial charge in [0, 0.05) is 14.5 Å². The number of ether oxygens (including phenoxy) is 1. The van der Waals surface area contributed by atoms with Crippen molar-refractivity contribution in [3.8, 4) is 5.75 Å². The fraction of sp³-hybridized carbons (Fsp3) is 0.0714. The zero-order chi connectivity index (χ0) is 13.8. The summed E-state index contributed by atoms with van der Waals surface area (Å²) >= 11 is 6.56. The first-order chi connectivity index (χ1) is 9.06. The number of hydrogen-bond donors (Lipinski definition) is 0. The van der Waals surface area contributed by atoms with E-state index in [9.17, 15) is 9.90 Å². The number of halogens is 2. The maximum Gasteiger partial charge on any atom is 0.128 e. The Morgan fingerprint density at radius 2 is 1.68 bits per heavy atom. The van der Waals surface area contributed by atoms with E-state index in [1.807, 2.05) is 24.3 Å². The van der Waals surface area contributed by atoms with E-state index in [1.165, 1.54) is 6.07 Å². The van der Waals surface area contributed by atoms with Gasteiger partial charge in [-0.25, -0.2) is 0 Å². The molecule has 0 atom stereocenters. The van der Waals surface area contributed by atoms with Gasteiger partial charge in [-0.05, 0) is 35.9 Å². The van der Waals surface area contributed by atoms with Crippen molar-refractivity contribution in [2.24, 2.45) is 0 Å². The van der Waals surface area contributed by atoms with E-state index < -0.39 is 5.97 Å². The lowest BCUT2D eigenvalue weighted by atomic mass is 10.2. The van der Waals surface area contributed by atoms with Crippen LogP contribution in [0.4, 0.5) is 0 Å². The molecule has 0 N–H and O–H groups in total. The van der Waals surface area contributed by atoms with Crippen molar-refractivity contribution < 1.29 is 14.6 Å². The largest absolute Gasteiger partial charge is 0.545 e. The molecule has 0 aliphatic heterocycles. The number of aromatic carboxylic acids is 1. The van der Waals surface area contributed by atoms with Gasteiger partial charge >= 0.3 is 0 Å². The molecule has 0 radical (unpaired) electrons. The second kappa shape index (κ2) is 6.21. The Kier molecular flexibility index (Phi) is 4.61. The van der Waals surface area contributed by atoms with Gasteiger partial charge in [0.1, 0.15) is 12.4 Å². The number of carbonyl (C=O) groups is 1. The molecule has 0 fully saturated rings. The van der Waals surface area contributed by atoms with Crippen LogP contribution in [0.15, 0.2) is 51.4 Å². The first-order valence-electron chi connectivity index (χ1n) is 5.44. The van der Waals surface area contributed by atoms with Gasteiger partial charge in [0.05, 0.1) is 5.97 Å². The third-order valence-corrected chi connectivity index (χ3v) is 3.49. The molecule has 2 rings (SSSR count). The maximum atomic E-state index is 11.0. The lowest BCUT2D eigenvalue weighted by molar-refractivity contribution is -0.255. The van der Waals surface area contributed by atoms with Crippen molar-refractivity contribution in [2.45, 2.75) is 6.61 Å². The van der Waals surface area contributed by atoms with E-state index in [2.05, 4.69) is 31.9 Å². The molecule has 0 spiro atoms. The highest BCUT2D eigenvalue weighted by Crippen LogP contribution is 2.23. The first kappa shape index (κ1) is 14.1. The highest BCUT2D eigenvalue weighted by atomic mass is 79.9. The van der Waals surface area contributed by atoms with Crippen molar-refractivity contribution in [3.63, 3.8) is 0 Å². The number of carboxylic acid groups (broad SMARTS) is 1. The molecule has 0 aliphatic carbocycles. The molecule has 19 heavy (non-hydrogen) atoms. The van der Waals surface area contributed by atoms with Crippen LogP contribution in [0.2, 0.25) is 0 Å². The molecule has 0 unspecified atom stereocenters. The van der Waals surface area contributed by atoms with Crippen LogP contribution in [0.1, 0.15) is 15.9 Å². The molecule has 0 aromatic heterocycles. The van der Waals surface area contributed by atoms with E-state index in [0.717, 1.165) is 10.0 Å². The van der Waals surface area contributed by atoms with Gasteiger partial charge in [-0.2, -0.15) is 0 Å². The van der Waals surface area contributed by atoms with Crippen LogP contribution in [0.5, 0.6) is 5.75 Å². The zero-order valence-corrected chi connectivity index (χ0v) is 12.9. The molecule has 98 valence electrons. The van der Waals surface area contributed by atoms with Gasteiger partial charge < -0.3 is 14.6 Å². The SMILES string of the molecule is O=C([O-])c1cc(Br)ccc1OCc1ccc(Br)cc1. The summed E-state index contributed by atoms with van der Waals surface area (Å²) < 4.78 is 7.17. The summed E-state index contributed by atoms with van der Waals surface area (Å²) in [6, 6.07) is 12.4. The highest BCUT2D eigenvalue weighted by molar-refractivity contribution is 9.10. The molecular weight excluding hydrogens is 376 g/mol. The number of carbonyl (C=O) groups excluding carboxylic acids is 1. The predicted molar refractivity (Wildman–Crippen MR) is 76.9 cm³/mol.